The van der Waals surface area contributed by atoms with Crippen LogP contribution in [0.15, 0.2) is 17.5 Å². The van der Waals surface area contributed by atoms with Crippen LogP contribution in [0.2, 0.25) is 0 Å². The molecule has 0 aromatic carbocycles. The molecule has 5 nitrogen and oxygen atoms in total. The average molecular weight is 282 g/mol. The molecule has 0 saturated carbocycles. The summed E-state index contributed by atoms with van der Waals surface area (Å²) in [5, 5.41) is 13.5. The van der Waals surface area contributed by atoms with Crippen LogP contribution in [-0.2, 0) is 9.59 Å². The van der Waals surface area contributed by atoms with E-state index in [1.165, 1.54) is 11.8 Å². The fourth-order valence-electron chi connectivity index (χ4n) is 2.27. The molecule has 1 unspecified atom stereocenters. The molecule has 19 heavy (non-hydrogen) atoms. The molecule has 1 aliphatic heterocycles. The highest BCUT2D eigenvalue weighted by atomic mass is 32.1. The molecule has 2 atom stereocenters. The molecule has 0 spiro atoms. The molecular formula is C13H18N2O3S. The fourth-order valence-corrected chi connectivity index (χ4v) is 3.14. The van der Waals surface area contributed by atoms with Crippen LogP contribution < -0.4 is 5.32 Å². The van der Waals surface area contributed by atoms with Crippen molar-refractivity contribution in [2.45, 2.75) is 31.8 Å². The number of likely N-dealkylation sites (tertiary alicyclic amines) is 1. The monoisotopic (exact) mass is 282 g/mol. The first-order valence-electron chi connectivity index (χ1n) is 6.38. The van der Waals surface area contributed by atoms with Gasteiger partial charge in [-0.2, -0.15) is 0 Å². The largest absolute Gasteiger partial charge is 0.480 e. The Balaban J connectivity index is 1.93. The van der Waals surface area contributed by atoms with Crippen LogP contribution in [0.1, 0.15) is 30.7 Å². The number of carboxylic acid groups (broad SMARTS) is 1. The summed E-state index contributed by atoms with van der Waals surface area (Å²) in [5.41, 5.74) is 0. The first kappa shape index (κ1) is 14.0. The zero-order valence-corrected chi connectivity index (χ0v) is 11.7. The highest BCUT2D eigenvalue weighted by molar-refractivity contribution is 7.10. The van der Waals surface area contributed by atoms with Crippen molar-refractivity contribution in [3.63, 3.8) is 0 Å². The number of aliphatic carboxylic acids is 1. The number of carbonyl (C=O) groups is 2. The minimum Gasteiger partial charge on any atom is -0.480 e. The molecule has 2 rings (SSSR count). The minimum absolute atomic E-state index is 0.0241. The second-order valence-electron chi connectivity index (χ2n) is 4.70. The third kappa shape index (κ3) is 3.33. The summed E-state index contributed by atoms with van der Waals surface area (Å²) >= 11 is 1.66. The van der Waals surface area contributed by atoms with E-state index in [9.17, 15) is 9.59 Å². The zero-order chi connectivity index (χ0) is 13.8. The van der Waals surface area contributed by atoms with Gasteiger partial charge in [0.15, 0.2) is 0 Å². The standard InChI is InChI=1S/C13H18N2O3S/c1-9(13(17)18)14-8-12(16)15-6-2-4-10(15)11-5-3-7-19-11/h3,5,7,9-10,14H,2,4,6,8H2,1H3,(H,17,18)/t9-,10?/m0/s1. The molecule has 6 heteroatoms. The van der Waals surface area contributed by atoms with Crippen LogP contribution in [-0.4, -0.2) is 41.0 Å². The van der Waals surface area contributed by atoms with E-state index < -0.39 is 12.0 Å². The molecule has 0 radical (unpaired) electrons. The van der Waals surface area contributed by atoms with Crippen LogP contribution >= 0.6 is 11.3 Å². The topological polar surface area (TPSA) is 69.6 Å². The summed E-state index contributed by atoms with van der Waals surface area (Å²) in [5.74, 6) is -0.965. The van der Waals surface area contributed by atoms with E-state index in [0.29, 0.717) is 0 Å². The Kier molecular flexibility index (Phi) is 4.55. The average Bonchev–Trinajstić information content (AvgIpc) is 3.04. The van der Waals surface area contributed by atoms with Crippen LogP contribution in [0.3, 0.4) is 0 Å². The van der Waals surface area contributed by atoms with Gasteiger partial charge >= 0.3 is 5.97 Å². The summed E-state index contributed by atoms with van der Waals surface area (Å²) in [7, 11) is 0. The van der Waals surface area contributed by atoms with Gasteiger partial charge in [-0.3, -0.25) is 14.9 Å². The number of carbonyl (C=O) groups excluding carboxylic acids is 1. The Morgan fingerprint density at radius 2 is 2.42 bits per heavy atom. The number of amides is 1. The highest BCUT2D eigenvalue weighted by Crippen LogP contribution is 2.34. The summed E-state index contributed by atoms with van der Waals surface area (Å²) in [6, 6.07) is 3.50. The van der Waals surface area contributed by atoms with E-state index in [0.717, 1.165) is 19.4 Å². The van der Waals surface area contributed by atoms with Crippen LogP contribution in [0, 0.1) is 0 Å². The molecule has 0 bridgehead atoms. The van der Waals surface area contributed by atoms with Crippen molar-refractivity contribution in [1.29, 1.82) is 0 Å². The fraction of sp³-hybridized carbons (Fsp3) is 0.538. The molecule has 1 fully saturated rings. The molecule has 1 amide bonds. The number of rotatable bonds is 5. The predicted molar refractivity (Wildman–Crippen MR) is 73.1 cm³/mol. The maximum atomic E-state index is 12.2. The van der Waals surface area contributed by atoms with Gasteiger partial charge in [0, 0.05) is 11.4 Å². The molecule has 1 aromatic rings. The van der Waals surface area contributed by atoms with E-state index >= 15 is 0 Å². The lowest BCUT2D eigenvalue weighted by Gasteiger charge is -2.24. The maximum Gasteiger partial charge on any atom is 0.320 e. The van der Waals surface area contributed by atoms with Crippen molar-refractivity contribution >= 4 is 23.2 Å². The van der Waals surface area contributed by atoms with Gasteiger partial charge in [-0.1, -0.05) is 6.07 Å². The van der Waals surface area contributed by atoms with Crippen LogP contribution in [0.4, 0.5) is 0 Å². The Bertz CT molecular complexity index is 447. The predicted octanol–water partition coefficient (Wildman–Crippen LogP) is 1.47. The Hall–Kier alpha value is -1.40. The molecule has 1 saturated heterocycles. The zero-order valence-electron chi connectivity index (χ0n) is 10.8. The molecule has 2 N–H and O–H groups in total. The molecule has 2 heterocycles. The maximum absolute atomic E-state index is 12.2. The first-order chi connectivity index (χ1) is 9.09. The van der Waals surface area contributed by atoms with E-state index in [4.69, 9.17) is 5.11 Å². The van der Waals surface area contributed by atoms with Crippen LogP contribution in [0.5, 0.6) is 0 Å². The SMILES string of the molecule is C[C@H](NCC(=O)N1CCCC1c1cccs1)C(=O)O. The number of thiophene rings is 1. The molecular weight excluding hydrogens is 264 g/mol. The van der Waals surface area contributed by atoms with E-state index in [-0.39, 0.29) is 18.5 Å². The smallest absolute Gasteiger partial charge is 0.320 e. The second kappa shape index (κ2) is 6.16. The third-order valence-electron chi connectivity index (χ3n) is 3.37. The summed E-state index contributed by atoms with van der Waals surface area (Å²) in [6.07, 6.45) is 1.99. The van der Waals surface area contributed by atoms with Gasteiger partial charge in [0.1, 0.15) is 6.04 Å². The highest BCUT2D eigenvalue weighted by Gasteiger charge is 2.30. The second-order valence-corrected chi connectivity index (χ2v) is 5.68. The van der Waals surface area contributed by atoms with Gasteiger partial charge in [-0.05, 0) is 31.2 Å². The molecule has 1 aliphatic rings. The summed E-state index contributed by atoms with van der Waals surface area (Å²) in [6.45, 7) is 2.37. The quantitative estimate of drug-likeness (QED) is 0.858. The van der Waals surface area contributed by atoms with Gasteiger partial charge < -0.3 is 10.0 Å². The van der Waals surface area contributed by atoms with E-state index in [1.54, 1.807) is 11.3 Å². The van der Waals surface area contributed by atoms with E-state index in [1.807, 2.05) is 22.4 Å². The van der Waals surface area contributed by atoms with Crippen molar-refractivity contribution in [2.75, 3.05) is 13.1 Å². The van der Waals surface area contributed by atoms with Gasteiger partial charge in [0.2, 0.25) is 5.91 Å². The normalized spacial score (nSPS) is 20.5. The minimum atomic E-state index is -0.941. The third-order valence-corrected chi connectivity index (χ3v) is 4.35. The lowest BCUT2D eigenvalue weighted by molar-refractivity contribution is -0.139. The van der Waals surface area contributed by atoms with Crippen LogP contribution in [0.25, 0.3) is 0 Å². The first-order valence-corrected chi connectivity index (χ1v) is 7.26. The molecule has 104 valence electrons. The number of hydrogen-bond donors (Lipinski definition) is 2. The number of carboxylic acids is 1. The van der Waals surface area contributed by atoms with E-state index in [2.05, 4.69) is 5.32 Å². The summed E-state index contributed by atoms with van der Waals surface area (Å²) < 4.78 is 0. The Morgan fingerprint density at radius 1 is 1.63 bits per heavy atom. The Morgan fingerprint density at radius 3 is 3.05 bits per heavy atom. The van der Waals surface area contributed by atoms with Crippen molar-refractivity contribution in [3.8, 4) is 0 Å². The van der Waals surface area contributed by atoms with Gasteiger partial charge in [-0.15, -0.1) is 11.3 Å². The lowest BCUT2D eigenvalue weighted by atomic mass is 10.2. The van der Waals surface area contributed by atoms with Gasteiger partial charge in [0.05, 0.1) is 12.6 Å². The van der Waals surface area contributed by atoms with Gasteiger partial charge in [-0.25, -0.2) is 0 Å². The Labute approximate surface area is 116 Å². The molecule has 0 aliphatic carbocycles. The number of nitrogens with one attached hydrogen (secondary N) is 1. The summed E-state index contributed by atoms with van der Waals surface area (Å²) in [4.78, 5) is 25.9. The van der Waals surface area contributed by atoms with Crippen molar-refractivity contribution in [3.05, 3.63) is 22.4 Å². The lowest BCUT2D eigenvalue weighted by Crippen LogP contribution is -2.43. The number of hydrogen-bond acceptors (Lipinski definition) is 4. The van der Waals surface area contributed by atoms with Crippen molar-refractivity contribution < 1.29 is 14.7 Å². The van der Waals surface area contributed by atoms with Crippen molar-refractivity contribution in [2.24, 2.45) is 0 Å². The van der Waals surface area contributed by atoms with Gasteiger partial charge in [0.25, 0.3) is 0 Å². The molecule has 1 aromatic heterocycles. The van der Waals surface area contributed by atoms with Crippen molar-refractivity contribution in [1.82, 2.24) is 10.2 Å². The number of nitrogens with zero attached hydrogens (tertiary/aromatic N) is 1.